The molecule has 0 atom stereocenters. The molecule has 0 aromatic heterocycles. The second-order valence-corrected chi connectivity index (χ2v) is 4.94. The van der Waals surface area contributed by atoms with Crippen LogP contribution in [0, 0.1) is 0 Å². The monoisotopic (exact) mass is 188 g/mol. The molecule has 0 amide bonds. The van der Waals surface area contributed by atoms with Gasteiger partial charge in [0.25, 0.3) is 0 Å². The van der Waals surface area contributed by atoms with Crippen LogP contribution in [0.3, 0.4) is 0 Å². The van der Waals surface area contributed by atoms with Crippen molar-refractivity contribution in [1.29, 1.82) is 0 Å². The van der Waals surface area contributed by atoms with Gasteiger partial charge in [0.05, 0.1) is 0 Å². The molecule has 0 fully saturated rings. The lowest BCUT2D eigenvalue weighted by Gasteiger charge is -2.09. The molecule has 0 N–H and O–H groups in total. The van der Waals surface area contributed by atoms with E-state index in [1.54, 1.807) is 0 Å². The van der Waals surface area contributed by atoms with Crippen LogP contribution >= 0.6 is 0 Å². The fraction of sp³-hybridized carbons (Fsp3) is 1.00. The molecule has 0 aliphatic heterocycles. The van der Waals surface area contributed by atoms with Crippen molar-refractivity contribution in [1.82, 2.24) is 0 Å². The summed E-state index contributed by atoms with van der Waals surface area (Å²) < 4.78 is 11.1. The van der Waals surface area contributed by atoms with Crippen LogP contribution in [-0.4, -0.2) is 28.0 Å². The highest BCUT2D eigenvalue weighted by molar-refractivity contribution is 6.44. The molecular formula is C9H21AlO2. The van der Waals surface area contributed by atoms with Crippen molar-refractivity contribution < 1.29 is 7.58 Å². The van der Waals surface area contributed by atoms with Gasteiger partial charge in [-0.25, -0.2) is 0 Å². The van der Waals surface area contributed by atoms with E-state index in [1.165, 1.54) is 24.5 Å². The average Bonchev–Trinajstić information content (AvgIpc) is 2.06. The Kier molecular flexibility index (Phi) is 9.90. The Hall–Kier alpha value is 0.452. The summed E-state index contributed by atoms with van der Waals surface area (Å²) in [6, 6.07) is 0. The first-order valence-corrected chi connectivity index (χ1v) is 6.84. The van der Waals surface area contributed by atoms with Gasteiger partial charge >= 0.3 is 14.8 Å². The van der Waals surface area contributed by atoms with Crippen molar-refractivity contribution in [3.05, 3.63) is 0 Å². The third-order valence-electron chi connectivity index (χ3n) is 1.75. The first-order valence-electron chi connectivity index (χ1n) is 5.08. The lowest BCUT2D eigenvalue weighted by Crippen LogP contribution is -2.22. The van der Waals surface area contributed by atoms with Gasteiger partial charge in [0.1, 0.15) is 0 Å². The average molecular weight is 188 g/mol. The zero-order chi connectivity index (χ0) is 9.23. The number of rotatable bonds is 8. The van der Waals surface area contributed by atoms with Crippen molar-refractivity contribution in [3.63, 3.8) is 0 Å². The highest BCUT2D eigenvalue weighted by atomic mass is 27.2. The summed E-state index contributed by atoms with van der Waals surface area (Å²) in [6.45, 7) is 7.92. The van der Waals surface area contributed by atoms with E-state index in [4.69, 9.17) is 7.58 Å². The molecule has 0 rings (SSSR count). The second-order valence-electron chi connectivity index (χ2n) is 2.84. The van der Waals surface area contributed by atoms with E-state index in [9.17, 15) is 0 Å². The van der Waals surface area contributed by atoms with E-state index in [0.29, 0.717) is 0 Å². The lowest BCUT2D eigenvalue weighted by atomic mass is 10.3. The minimum absolute atomic E-state index is 0.809. The molecule has 0 heterocycles. The van der Waals surface area contributed by atoms with Gasteiger partial charge in [0, 0.05) is 13.2 Å². The van der Waals surface area contributed by atoms with Crippen molar-refractivity contribution >= 4 is 14.8 Å². The van der Waals surface area contributed by atoms with E-state index in [-0.39, 0.29) is 0 Å². The maximum Gasteiger partial charge on any atom is 0.674 e. The van der Waals surface area contributed by atoms with Gasteiger partial charge in [0.15, 0.2) is 0 Å². The molecule has 0 aromatic carbocycles. The smallest absolute Gasteiger partial charge is 0.479 e. The predicted octanol–water partition coefficient (Wildman–Crippen LogP) is 2.74. The topological polar surface area (TPSA) is 18.5 Å². The standard InChI is InChI=1S/C5H11.2C2H5O.Al/c1-3-5-4-2;2*1-2-3;/h1,3-5H2,2H3;2*2H2,1H3;/q;2*-1;+2. The van der Waals surface area contributed by atoms with Gasteiger partial charge in [-0.15, -0.1) is 0 Å². The maximum atomic E-state index is 5.55. The normalized spacial score (nSPS) is 10.2. The molecule has 0 aromatic rings. The molecule has 0 spiro atoms. The summed E-state index contributed by atoms with van der Waals surface area (Å²) in [6.07, 6.45) is 3.86. The number of unbranched alkanes of at least 4 members (excludes halogenated alkanes) is 2. The predicted molar refractivity (Wildman–Crippen MR) is 53.3 cm³/mol. The van der Waals surface area contributed by atoms with Crippen LogP contribution in [0.1, 0.15) is 40.0 Å². The molecular weight excluding hydrogens is 167 g/mol. The van der Waals surface area contributed by atoms with Gasteiger partial charge in [0.2, 0.25) is 0 Å². The van der Waals surface area contributed by atoms with Gasteiger partial charge in [-0.3, -0.25) is 0 Å². The third kappa shape index (κ3) is 7.12. The van der Waals surface area contributed by atoms with E-state index in [2.05, 4.69) is 6.92 Å². The van der Waals surface area contributed by atoms with Crippen molar-refractivity contribution in [2.45, 2.75) is 45.3 Å². The lowest BCUT2D eigenvalue weighted by molar-refractivity contribution is 0.212. The van der Waals surface area contributed by atoms with Crippen molar-refractivity contribution in [2.75, 3.05) is 13.2 Å². The zero-order valence-corrected chi connectivity index (χ0v) is 9.79. The summed E-state index contributed by atoms with van der Waals surface area (Å²) in [5.41, 5.74) is 0. The highest BCUT2D eigenvalue weighted by Gasteiger charge is 2.22. The van der Waals surface area contributed by atoms with Crippen LogP contribution in [-0.2, 0) is 7.58 Å². The van der Waals surface area contributed by atoms with Crippen molar-refractivity contribution in [3.8, 4) is 0 Å². The minimum atomic E-state index is -1.27. The zero-order valence-electron chi connectivity index (χ0n) is 8.64. The summed E-state index contributed by atoms with van der Waals surface area (Å²) >= 11 is -1.27. The quantitative estimate of drug-likeness (QED) is 0.430. The van der Waals surface area contributed by atoms with Gasteiger partial charge in [-0.1, -0.05) is 26.2 Å². The Morgan fingerprint density at radius 2 is 1.50 bits per heavy atom. The van der Waals surface area contributed by atoms with Crippen LogP contribution in [0.5, 0.6) is 0 Å². The minimum Gasteiger partial charge on any atom is -0.479 e. The summed E-state index contributed by atoms with van der Waals surface area (Å²) in [5.74, 6) is 0. The summed E-state index contributed by atoms with van der Waals surface area (Å²) in [5, 5.41) is 1.18. The van der Waals surface area contributed by atoms with Crippen LogP contribution in [0.2, 0.25) is 5.28 Å². The molecule has 12 heavy (non-hydrogen) atoms. The van der Waals surface area contributed by atoms with Crippen LogP contribution in [0.4, 0.5) is 0 Å². The van der Waals surface area contributed by atoms with Crippen LogP contribution in [0.15, 0.2) is 0 Å². The van der Waals surface area contributed by atoms with E-state index >= 15 is 0 Å². The Morgan fingerprint density at radius 1 is 0.917 bits per heavy atom. The molecule has 0 aliphatic carbocycles. The van der Waals surface area contributed by atoms with E-state index in [0.717, 1.165) is 13.2 Å². The molecule has 0 radical (unpaired) electrons. The molecule has 0 saturated heterocycles. The summed E-state index contributed by atoms with van der Waals surface area (Å²) in [4.78, 5) is 0. The fourth-order valence-corrected chi connectivity index (χ4v) is 2.94. The molecule has 72 valence electrons. The van der Waals surface area contributed by atoms with Gasteiger partial charge in [-0.05, 0) is 19.1 Å². The van der Waals surface area contributed by atoms with Gasteiger partial charge in [-0.2, -0.15) is 0 Å². The first kappa shape index (κ1) is 12.5. The van der Waals surface area contributed by atoms with Gasteiger partial charge < -0.3 is 7.58 Å². The Balaban J connectivity index is 3.34. The molecule has 0 bridgehead atoms. The largest absolute Gasteiger partial charge is 0.674 e. The van der Waals surface area contributed by atoms with Crippen LogP contribution < -0.4 is 0 Å². The SMILES string of the molecule is CCCC[CH2][Al]([O]CC)[O]CC. The van der Waals surface area contributed by atoms with Crippen LogP contribution in [0.25, 0.3) is 0 Å². The molecule has 0 saturated carbocycles. The van der Waals surface area contributed by atoms with E-state index < -0.39 is 14.8 Å². The fourth-order valence-electron chi connectivity index (χ4n) is 1.15. The third-order valence-corrected chi connectivity index (χ3v) is 4.04. The second kappa shape index (κ2) is 9.54. The Bertz CT molecular complexity index is 82.6. The molecule has 2 nitrogen and oxygen atoms in total. The highest BCUT2D eigenvalue weighted by Crippen LogP contribution is 2.05. The van der Waals surface area contributed by atoms with E-state index in [1.807, 2.05) is 13.8 Å². The Morgan fingerprint density at radius 3 is 1.92 bits per heavy atom. The molecule has 3 heteroatoms. The van der Waals surface area contributed by atoms with Crippen molar-refractivity contribution in [2.24, 2.45) is 0 Å². The summed E-state index contributed by atoms with van der Waals surface area (Å²) in [7, 11) is 0. The molecule has 0 unspecified atom stereocenters. The maximum absolute atomic E-state index is 5.55. The number of hydrogen-bond acceptors (Lipinski definition) is 2. The Labute approximate surface area is 81.3 Å². The first-order chi connectivity index (χ1) is 5.85. The molecule has 0 aliphatic rings. The number of hydrogen-bond donors (Lipinski definition) is 0.